The summed E-state index contributed by atoms with van der Waals surface area (Å²) in [5.74, 6) is 0.150. The van der Waals surface area contributed by atoms with Gasteiger partial charge in [0.1, 0.15) is 24.3 Å². The van der Waals surface area contributed by atoms with E-state index in [1.807, 2.05) is 55.6 Å². The molecule has 0 unspecified atom stereocenters. The molecule has 2 atom stereocenters. The number of thioether (sulfide) groups is 1. The van der Waals surface area contributed by atoms with Crippen LogP contribution in [0.5, 0.6) is 5.75 Å². The van der Waals surface area contributed by atoms with Gasteiger partial charge in [-0.2, -0.15) is 5.10 Å². The van der Waals surface area contributed by atoms with Crippen LogP contribution < -0.4 is 10.1 Å². The lowest BCUT2D eigenvalue weighted by Crippen LogP contribution is -2.40. The molecule has 0 spiro atoms. The zero-order chi connectivity index (χ0) is 24.1. The SMILES string of the molecule is COCC(=O)N[C@@H](C)[C@@H](Oc1ccc2c(cnn2-c2ccc(F)cc2)c1)c1ccc(SC)cc1. The van der Waals surface area contributed by atoms with Gasteiger partial charge in [0.25, 0.3) is 0 Å². The van der Waals surface area contributed by atoms with Crippen LogP contribution in [0, 0.1) is 5.82 Å². The number of carbonyl (C=O) groups is 1. The van der Waals surface area contributed by atoms with E-state index < -0.39 is 6.10 Å². The fourth-order valence-corrected chi connectivity index (χ4v) is 4.18. The van der Waals surface area contributed by atoms with Crippen molar-refractivity contribution in [1.82, 2.24) is 15.1 Å². The summed E-state index contributed by atoms with van der Waals surface area (Å²) in [5, 5.41) is 8.29. The fraction of sp³-hybridized carbons (Fsp3) is 0.231. The third kappa shape index (κ3) is 5.40. The number of benzene rings is 3. The average molecular weight is 480 g/mol. The van der Waals surface area contributed by atoms with Gasteiger partial charge in [0.2, 0.25) is 5.91 Å². The minimum atomic E-state index is -0.415. The third-order valence-corrected chi connectivity index (χ3v) is 6.18. The normalized spacial score (nSPS) is 12.9. The molecule has 1 heterocycles. The molecule has 0 bridgehead atoms. The molecule has 34 heavy (non-hydrogen) atoms. The minimum Gasteiger partial charge on any atom is -0.484 e. The fourth-order valence-electron chi connectivity index (χ4n) is 3.77. The maximum absolute atomic E-state index is 13.3. The quantitative estimate of drug-likeness (QED) is 0.336. The van der Waals surface area contributed by atoms with Crippen LogP contribution >= 0.6 is 11.8 Å². The van der Waals surface area contributed by atoms with E-state index in [1.165, 1.54) is 19.2 Å². The van der Waals surface area contributed by atoms with Crippen LogP contribution in [-0.2, 0) is 9.53 Å². The zero-order valence-electron chi connectivity index (χ0n) is 19.2. The van der Waals surface area contributed by atoms with E-state index in [0.29, 0.717) is 5.75 Å². The van der Waals surface area contributed by atoms with E-state index in [0.717, 1.165) is 27.0 Å². The summed E-state index contributed by atoms with van der Waals surface area (Å²) in [5.41, 5.74) is 2.60. The lowest BCUT2D eigenvalue weighted by atomic mass is 10.0. The Kier molecular flexibility index (Phi) is 7.49. The second-order valence-electron chi connectivity index (χ2n) is 7.85. The van der Waals surface area contributed by atoms with Crippen LogP contribution in [0.3, 0.4) is 0 Å². The smallest absolute Gasteiger partial charge is 0.246 e. The van der Waals surface area contributed by atoms with E-state index >= 15 is 0 Å². The highest BCUT2D eigenvalue weighted by Gasteiger charge is 2.23. The maximum atomic E-state index is 13.3. The number of halogens is 1. The van der Waals surface area contributed by atoms with Gasteiger partial charge in [0.05, 0.1) is 23.4 Å². The Morgan fingerprint density at radius 3 is 2.53 bits per heavy atom. The number of carbonyl (C=O) groups excluding carboxylic acids is 1. The summed E-state index contributed by atoms with van der Waals surface area (Å²) in [6.45, 7) is 1.89. The molecule has 1 aromatic heterocycles. The van der Waals surface area contributed by atoms with E-state index in [2.05, 4.69) is 10.4 Å². The second-order valence-corrected chi connectivity index (χ2v) is 8.73. The molecule has 0 saturated heterocycles. The molecule has 3 aromatic carbocycles. The molecule has 0 fully saturated rings. The number of nitrogens with one attached hydrogen (secondary N) is 1. The van der Waals surface area contributed by atoms with Crippen LogP contribution in [0.4, 0.5) is 4.39 Å². The number of hydrogen-bond acceptors (Lipinski definition) is 5. The molecule has 0 saturated carbocycles. The van der Waals surface area contributed by atoms with Gasteiger partial charge in [-0.25, -0.2) is 9.07 Å². The predicted octanol–water partition coefficient (Wildman–Crippen LogP) is 5.16. The Bertz CT molecular complexity index is 1260. The van der Waals surface area contributed by atoms with Crippen molar-refractivity contribution in [2.24, 2.45) is 0 Å². The largest absolute Gasteiger partial charge is 0.484 e. The summed E-state index contributed by atoms with van der Waals surface area (Å²) in [7, 11) is 1.49. The van der Waals surface area contributed by atoms with Gasteiger partial charge < -0.3 is 14.8 Å². The highest BCUT2D eigenvalue weighted by atomic mass is 32.2. The van der Waals surface area contributed by atoms with Crippen molar-refractivity contribution in [2.45, 2.75) is 24.0 Å². The van der Waals surface area contributed by atoms with E-state index in [4.69, 9.17) is 9.47 Å². The van der Waals surface area contributed by atoms with Crippen LogP contribution in [-0.4, -0.2) is 41.7 Å². The summed E-state index contributed by atoms with van der Waals surface area (Å²) >= 11 is 1.66. The van der Waals surface area contributed by atoms with Crippen LogP contribution in [0.25, 0.3) is 16.6 Å². The molecule has 8 heteroatoms. The Hall–Kier alpha value is -3.36. The standard InChI is InChI=1S/C26H26FN3O3S/c1-17(29-25(31)16-32-2)26(18-4-11-23(34-3)12-5-18)33-22-10-13-24-19(14-22)15-28-30(24)21-8-6-20(27)7-9-21/h4-15,17,26H,16H2,1-3H3,(H,29,31)/t17-,26+/m0/s1. The van der Waals surface area contributed by atoms with E-state index in [9.17, 15) is 9.18 Å². The lowest BCUT2D eigenvalue weighted by molar-refractivity contribution is -0.126. The van der Waals surface area contributed by atoms with Crippen LogP contribution in [0.15, 0.2) is 77.8 Å². The first-order valence-corrected chi connectivity index (χ1v) is 12.0. The van der Waals surface area contributed by atoms with Gasteiger partial charge >= 0.3 is 0 Å². The second kappa shape index (κ2) is 10.7. The number of ether oxygens (including phenoxy) is 2. The van der Waals surface area contributed by atoms with Crippen molar-refractivity contribution < 1.29 is 18.7 Å². The van der Waals surface area contributed by atoms with Crippen LogP contribution in [0.2, 0.25) is 0 Å². The summed E-state index contributed by atoms with van der Waals surface area (Å²) in [6.07, 6.45) is 3.36. The Labute approximate surface area is 202 Å². The highest BCUT2D eigenvalue weighted by Crippen LogP contribution is 2.30. The first-order valence-electron chi connectivity index (χ1n) is 10.8. The van der Waals surface area contributed by atoms with Crippen LogP contribution in [0.1, 0.15) is 18.6 Å². The van der Waals surface area contributed by atoms with Crippen molar-refractivity contribution in [1.29, 1.82) is 0 Å². The number of amides is 1. The first kappa shape index (κ1) is 23.8. The molecule has 1 amide bonds. The molecule has 1 N–H and O–H groups in total. The predicted molar refractivity (Wildman–Crippen MR) is 132 cm³/mol. The topological polar surface area (TPSA) is 65.4 Å². The van der Waals surface area contributed by atoms with Gasteiger partial charge in [-0.3, -0.25) is 4.79 Å². The molecule has 4 rings (SSSR count). The number of methoxy groups -OCH3 is 1. The van der Waals surface area contributed by atoms with Crippen molar-refractivity contribution in [2.75, 3.05) is 20.0 Å². The molecule has 0 aliphatic rings. The Morgan fingerprint density at radius 2 is 1.85 bits per heavy atom. The summed E-state index contributed by atoms with van der Waals surface area (Å²) < 4.78 is 26.4. The first-order chi connectivity index (χ1) is 16.5. The van der Waals surface area contributed by atoms with Crippen molar-refractivity contribution >= 4 is 28.6 Å². The molecular formula is C26H26FN3O3S. The average Bonchev–Trinajstić information content (AvgIpc) is 3.26. The number of fused-ring (bicyclic) bond motifs is 1. The molecular weight excluding hydrogens is 453 g/mol. The lowest BCUT2D eigenvalue weighted by Gasteiger charge is -2.26. The third-order valence-electron chi connectivity index (χ3n) is 5.44. The molecule has 176 valence electrons. The number of nitrogens with zero attached hydrogens (tertiary/aromatic N) is 2. The summed E-state index contributed by atoms with van der Waals surface area (Å²) in [6, 6.07) is 19.7. The number of rotatable bonds is 9. The Balaban J connectivity index is 1.62. The van der Waals surface area contributed by atoms with E-state index in [1.54, 1.807) is 34.8 Å². The Morgan fingerprint density at radius 1 is 1.12 bits per heavy atom. The van der Waals surface area contributed by atoms with Gasteiger partial charge in [0.15, 0.2) is 0 Å². The monoisotopic (exact) mass is 479 g/mol. The van der Waals surface area contributed by atoms with Crippen molar-refractivity contribution in [3.05, 3.63) is 84.3 Å². The number of hydrogen-bond donors (Lipinski definition) is 1. The molecule has 0 aliphatic heterocycles. The number of aromatic nitrogens is 2. The molecule has 6 nitrogen and oxygen atoms in total. The van der Waals surface area contributed by atoms with Gasteiger partial charge in [-0.05, 0) is 73.3 Å². The van der Waals surface area contributed by atoms with Gasteiger partial charge in [0, 0.05) is 17.4 Å². The zero-order valence-corrected chi connectivity index (χ0v) is 20.0. The van der Waals surface area contributed by atoms with Gasteiger partial charge in [-0.15, -0.1) is 11.8 Å². The van der Waals surface area contributed by atoms with Crippen molar-refractivity contribution in [3.63, 3.8) is 0 Å². The van der Waals surface area contributed by atoms with Gasteiger partial charge in [-0.1, -0.05) is 12.1 Å². The molecule has 4 aromatic rings. The summed E-state index contributed by atoms with van der Waals surface area (Å²) in [4.78, 5) is 13.3. The molecule has 0 aliphatic carbocycles. The molecule has 0 radical (unpaired) electrons. The van der Waals surface area contributed by atoms with Crippen molar-refractivity contribution in [3.8, 4) is 11.4 Å². The highest BCUT2D eigenvalue weighted by molar-refractivity contribution is 7.98. The van der Waals surface area contributed by atoms with E-state index in [-0.39, 0.29) is 24.4 Å². The maximum Gasteiger partial charge on any atom is 0.246 e. The minimum absolute atomic E-state index is 0.0169.